The van der Waals surface area contributed by atoms with Gasteiger partial charge in [-0.05, 0) is 52.9 Å². The van der Waals surface area contributed by atoms with Crippen LogP contribution in [0.1, 0.15) is 16.7 Å². The molecule has 4 aromatic carbocycles. The largest absolute Gasteiger partial charge is 0.338 e. The summed E-state index contributed by atoms with van der Waals surface area (Å²) in [5.74, 6) is 0.900. The van der Waals surface area contributed by atoms with Crippen LogP contribution >= 0.6 is 0 Å². The molecule has 0 aliphatic carbocycles. The Labute approximate surface area is 181 Å². The molecule has 148 valence electrons. The lowest BCUT2D eigenvalue weighted by atomic mass is 9.99. The van der Waals surface area contributed by atoms with E-state index in [2.05, 4.69) is 84.7 Å². The molecule has 0 bridgehead atoms. The Morgan fingerprint density at radius 1 is 0.710 bits per heavy atom. The molecule has 3 heteroatoms. The number of benzene rings is 4. The molecular weight excluding hydrogens is 378 g/mol. The second-order valence-electron chi connectivity index (χ2n) is 8.12. The van der Waals surface area contributed by atoms with Crippen LogP contribution in [0.5, 0.6) is 0 Å². The number of fused-ring (bicyclic) bond motifs is 2. The number of nitrogens with zero attached hydrogens (tertiary/aromatic N) is 2. The summed E-state index contributed by atoms with van der Waals surface area (Å²) in [5, 5.41) is 0. The molecule has 31 heavy (non-hydrogen) atoms. The van der Waals surface area contributed by atoms with E-state index in [9.17, 15) is 0 Å². The van der Waals surface area contributed by atoms with Crippen molar-refractivity contribution < 1.29 is 0 Å². The second kappa shape index (κ2) is 7.06. The molecule has 0 atom stereocenters. The van der Waals surface area contributed by atoms with Crippen molar-refractivity contribution in [2.24, 2.45) is 4.99 Å². The summed E-state index contributed by atoms with van der Waals surface area (Å²) in [4.78, 5) is 12.9. The molecule has 1 aliphatic rings. The molecule has 2 heterocycles. The standard InChI is InChI=1S/C28H21N3/c1-18-6-7-23-17-27(29-26(23)16-18)21-12-8-19(9-13-21)20-10-14-22(15-11-20)28-30-24-4-2-3-5-25(24)31-28/h2-16H,17H2,1H3,(H,30,31). The van der Waals surface area contributed by atoms with Gasteiger partial charge in [0, 0.05) is 12.0 Å². The number of H-pyrrole nitrogens is 1. The Bertz CT molecular complexity index is 1410. The summed E-state index contributed by atoms with van der Waals surface area (Å²) in [6, 6.07) is 31.9. The van der Waals surface area contributed by atoms with Crippen LogP contribution in [0.25, 0.3) is 33.5 Å². The molecule has 0 radical (unpaired) electrons. The first-order valence-corrected chi connectivity index (χ1v) is 10.6. The maximum atomic E-state index is 4.85. The van der Waals surface area contributed by atoms with Crippen LogP contribution in [0.15, 0.2) is 96.0 Å². The quantitative estimate of drug-likeness (QED) is 0.353. The van der Waals surface area contributed by atoms with Crippen molar-refractivity contribution in [2.75, 3.05) is 0 Å². The molecule has 0 unspecified atom stereocenters. The number of nitrogens with one attached hydrogen (secondary N) is 1. The van der Waals surface area contributed by atoms with Gasteiger partial charge in [0.25, 0.3) is 0 Å². The van der Waals surface area contributed by atoms with Gasteiger partial charge >= 0.3 is 0 Å². The summed E-state index contributed by atoms with van der Waals surface area (Å²) >= 11 is 0. The third kappa shape index (κ3) is 3.24. The monoisotopic (exact) mass is 399 g/mol. The maximum Gasteiger partial charge on any atom is 0.138 e. The zero-order valence-electron chi connectivity index (χ0n) is 17.3. The van der Waals surface area contributed by atoms with Gasteiger partial charge in [0.15, 0.2) is 0 Å². The predicted molar refractivity (Wildman–Crippen MR) is 128 cm³/mol. The number of aryl methyl sites for hydroxylation is 1. The van der Waals surface area contributed by atoms with Crippen molar-refractivity contribution in [1.29, 1.82) is 0 Å². The van der Waals surface area contributed by atoms with E-state index in [4.69, 9.17) is 9.98 Å². The van der Waals surface area contributed by atoms with E-state index in [0.717, 1.165) is 40.2 Å². The Hall–Kier alpha value is -3.98. The summed E-state index contributed by atoms with van der Waals surface area (Å²) in [6.45, 7) is 2.11. The summed E-state index contributed by atoms with van der Waals surface area (Å²) < 4.78 is 0. The van der Waals surface area contributed by atoms with E-state index in [1.165, 1.54) is 27.8 Å². The van der Waals surface area contributed by atoms with Gasteiger partial charge in [0.05, 0.1) is 22.4 Å². The zero-order valence-corrected chi connectivity index (χ0v) is 17.3. The van der Waals surface area contributed by atoms with Crippen molar-refractivity contribution >= 4 is 22.4 Å². The lowest BCUT2D eigenvalue weighted by Gasteiger charge is -2.06. The number of para-hydroxylation sites is 2. The lowest BCUT2D eigenvalue weighted by molar-refractivity contribution is 1.34. The van der Waals surface area contributed by atoms with Crippen molar-refractivity contribution in [1.82, 2.24) is 9.97 Å². The predicted octanol–water partition coefficient (Wildman–Crippen LogP) is 6.88. The van der Waals surface area contributed by atoms with E-state index < -0.39 is 0 Å². The highest BCUT2D eigenvalue weighted by Crippen LogP contribution is 2.31. The number of aliphatic imine (C=N–C) groups is 1. The topological polar surface area (TPSA) is 41.0 Å². The van der Waals surface area contributed by atoms with Crippen molar-refractivity contribution in [2.45, 2.75) is 13.3 Å². The van der Waals surface area contributed by atoms with E-state index in [1.807, 2.05) is 18.2 Å². The fourth-order valence-electron chi connectivity index (χ4n) is 4.22. The first-order chi connectivity index (χ1) is 15.2. The molecule has 1 N–H and O–H groups in total. The highest BCUT2D eigenvalue weighted by atomic mass is 14.9. The third-order valence-electron chi connectivity index (χ3n) is 5.95. The van der Waals surface area contributed by atoms with E-state index in [-0.39, 0.29) is 0 Å². The minimum Gasteiger partial charge on any atom is -0.338 e. The minimum atomic E-state index is 0.900. The van der Waals surface area contributed by atoms with Crippen LogP contribution in [-0.2, 0) is 6.42 Å². The van der Waals surface area contributed by atoms with Crippen LogP contribution in [0, 0.1) is 6.92 Å². The maximum absolute atomic E-state index is 4.85. The van der Waals surface area contributed by atoms with E-state index >= 15 is 0 Å². The molecule has 0 saturated carbocycles. The molecule has 0 fully saturated rings. The van der Waals surface area contributed by atoms with Gasteiger partial charge in [-0.25, -0.2) is 4.98 Å². The minimum absolute atomic E-state index is 0.900. The van der Waals surface area contributed by atoms with Crippen LogP contribution in [0.4, 0.5) is 5.69 Å². The average molecular weight is 399 g/mol. The van der Waals surface area contributed by atoms with E-state index in [0.29, 0.717) is 0 Å². The van der Waals surface area contributed by atoms with Crippen molar-refractivity contribution in [3.8, 4) is 22.5 Å². The Kier molecular flexibility index (Phi) is 4.07. The Balaban J connectivity index is 1.24. The molecule has 0 amide bonds. The van der Waals surface area contributed by atoms with Crippen LogP contribution < -0.4 is 0 Å². The smallest absolute Gasteiger partial charge is 0.138 e. The van der Waals surface area contributed by atoms with E-state index in [1.54, 1.807) is 0 Å². The van der Waals surface area contributed by atoms with Crippen molar-refractivity contribution in [3.63, 3.8) is 0 Å². The van der Waals surface area contributed by atoms with Gasteiger partial charge in [-0.3, -0.25) is 4.99 Å². The first kappa shape index (κ1) is 17.8. The highest BCUT2D eigenvalue weighted by Gasteiger charge is 2.16. The fraction of sp³-hybridized carbons (Fsp3) is 0.0714. The molecule has 6 rings (SSSR count). The van der Waals surface area contributed by atoms with Gasteiger partial charge in [-0.1, -0.05) is 72.8 Å². The molecule has 5 aromatic rings. The lowest BCUT2D eigenvalue weighted by Crippen LogP contribution is -1.99. The second-order valence-corrected chi connectivity index (χ2v) is 8.12. The SMILES string of the molecule is Cc1ccc2c(c1)N=C(c1ccc(-c3ccc(-c4nc5ccccc5[nH]4)cc3)cc1)C2. The fourth-order valence-corrected chi connectivity index (χ4v) is 4.22. The van der Waals surface area contributed by atoms with Gasteiger partial charge in [0.1, 0.15) is 5.82 Å². The van der Waals surface area contributed by atoms with Crippen LogP contribution in [0.2, 0.25) is 0 Å². The molecule has 0 saturated heterocycles. The Morgan fingerprint density at radius 2 is 1.39 bits per heavy atom. The van der Waals surface area contributed by atoms with Crippen molar-refractivity contribution in [3.05, 3.63) is 108 Å². The number of rotatable bonds is 3. The average Bonchev–Trinajstić information content (AvgIpc) is 3.43. The molecule has 1 aliphatic heterocycles. The van der Waals surface area contributed by atoms with Gasteiger partial charge in [-0.2, -0.15) is 0 Å². The number of aromatic nitrogens is 2. The highest BCUT2D eigenvalue weighted by molar-refractivity contribution is 6.06. The van der Waals surface area contributed by atoms with Crippen LogP contribution in [0.3, 0.4) is 0 Å². The van der Waals surface area contributed by atoms with Gasteiger partial charge in [0.2, 0.25) is 0 Å². The van der Waals surface area contributed by atoms with Gasteiger partial charge in [-0.15, -0.1) is 0 Å². The summed E-state index contributed by atoms with van der Waals surface area (Å²) in [5.41, 5.74) is 11.5. The normalized spacial score (nSPS) is 12.7. The molecule has 0 spiro atoms. The number of aromatic amines is 1. The zero-order chi connectivity index (χ0) is 20.8. The molecule has 3 nitrogen and oxygen atoms in total. The number of hydrogen-bond acceptors (Lipinski definition) is 2. The summed E-state index contributed by atoms with van der Waals surface area (Å²) in [6.07, 6.45) is 0.904. The molecule has 1 aromatic heterocycles. The number of imidazole rings is 1. The third-order valence-corrected chi connectivity index (χ3v) is 5.95. The first-order valence-electron chi connectivity index (χ1n) is 10.6. The molecular formula is C28H21N3. The van der Waals surface area contributed by atoms with Crippen LogP contribution in [-0.4, -0.2) is 15.7 Å². The van der Waals surface area contributed by atoms with Gasteiger partial charge < -0.3 is 4.98 Å². The summed E-state index contributed by atoms with van der Waals surface area (Å²) in [7, 11) is 0. The number of hydrogen-bond donors (Lipinski definition) is 1. The Morgan fingerprint density at radius 3 is 2.13 bits per heavy atom.